The highest BCUT2D eigenvalue weighted by atomic mass is 32.1. The molecule has 2 heteroatoms. The second-order valence-electron chi connectivity index (χ2n) is 6.36. The summed E-state index contributed by atoms with van der Waals surface area (Å²) in [4.78, 5) is 0. The normalized spacial score (nSPS) is 31.7. The van der Waals surface area contributed by atoms with Crippen molar-refractivity contribution in [2.24, 2.45) is 11.8 Å². The zero-order chi connectivity index (χ0) is 13.5. The summed E-state index contributed by atoms with van der Waals surface area (Å²) in [6, 6.07) is 8.52. The maximum atomic E-state index is 10.9. The Hall–Kier alpha value is -0.860. The van der Waals surface area contributed by atoms with Gasteiger partial charge in [-0.2, -0.15) is 0 Å². The lowest BCUT2D eigenvalue weighted by atomic mass is 9.71. The molecular formula is C17H22OS. The Morgan fingerprint density at radius 1 is 1.26 bits per heavy atom. The SMILES string of the molecule is CC1CCC(O)(Cc2csc3ccccc23)CC1C. The number of benzene rings is 1. The Balaban J connectivity index is 1.84. The second-order valence-corrected chi connectivity index (χ2v) is 7.27. The first kappa shape index (κ1) is 13.1. The largest absolute Gasteiger partial charge is 0.390 e. The molecule has 0 bridgehead atoms. The number of hydrogen-bond acceptors (Lipinski definition) is 2. The molecule has 1 aliphatic rings. The molecule has 0 aliphatic heterocycles. The fourth-order valence-electron chi connectivity index (χ4n) is 3.37. The lowest BCUT2D eigenvalue weighted by Gasteiger charge is -2.39. The van der Waals surface area contributed by atoms with Gasteiger partial charge in [0.15, 0.2) is 0 Å². The molecule has 0 amide bonds. The third-order valence-corrected chi connectivity index (χ3v) is 5.83. The van der Waals surface area contributed by atoms with Crippen LogP contribution in [0.25, 0.3) is 10.1 Å². The van der Waals surface area contributed by atoms with Crippen LogP contribution in [-0.4, -0.2) is 10.7 Å². The van der Waals surface area contributed by atoms with Gasteiger partial charge in [-0.15, -0.1) is 11.3 Å². The summed E-state index contributed by atoms with van der Waals surface area (Å²) in [5.74, 6) is 1.38. The third kappa shape index (κ3) is 2.56. The Bertz CT molecular complexity index is 573. The Morgan fingerprint density at radius 3 is 2.84 bits per heavy atom. The molecule has 1 nitrogen and oxygen atoms in total. The average molecular weight is 274 g/mol. The molecule has 2 aromatic rings. The minimum Gasteiger partial charge on any atom is -0.390 e. The molecule has 1 aromatic carbocycles. The quantitative estimate of drug-likeness (QED) is 0.846. The van der Waals surface area contributed by atoms with Crippen LogP contribution in [0.2, 0.25) is 0 Å². The van der Waals surface area contributed by atoms with Crippen molar-refractivity contribution in [2.75, 3.05) is 0 Å². The van der Waals surface area contributed by atoms with Gasteiger partial charge in [-0.3, -0.25) is 0 Å². The van der Waals surface area contributed by atoms with Crippen LogP contribution in [0, 0.1) is 11.8 Å². The van der Waals surface area contributed by atoms with Gasteiger partial charge in [0.2, 0.25) is 0 Å². The van der Waals surface area contributed by atoms with E-state index in [9.17, 15) is 5.11 Å². The number of thiophene rings is 1. The van der Waals surface area contributed by atoms with Gasteiger partial charge < -0.3 is 5.11 Å². The van der Waals surface area contributed by atoms with Gasteiger partial charge >= 0.3 is 0 Å². The van der Waals surface area contributed by atoms with E-state index in [1.165, 1.54) is 15.6 Å². The standard InChI is InChI=1S/C17H22OS/c1-12-7-8-17(18,9-13(12)2)10-14-11-19-16-6-4-3-5-15(14)16/h3-6,11-13,18H,7-10H2,1-2H3. The molecule has 0 saturated heterocycles. The summed E-state index contributed by atoms with van der Waals surface area (Å²) in [5.41, 5.74) is 0.834. The van der Waals surface area contributed by atoms with Crippen molar-refractivity contribution >= 4 is 21.4 Å². The summed E-state index contributed by atoms with van der Waals surface area (Å²) in [5, 5.41) is 14.4. The van der Waals surface area contributed by atoms with Crippen molar-refractivity contribution in [1.29, 1.82) is 0 Å². The Morgan fingerprint density at radius 2 is 2.05 bits per heavy atom. The maximum Gasteiger partial charge on any atom is 0.0691 e. The predicted molar refractivity (Wildman–Crippen MR) is 82.7 cm³/mol. The van der Waals surface area contributed by atoms with Crippen LogP contribution in [0.4, 0.5) is 0 Å². The van der Waals surface area contributed by atoms with E-state index in [0.29, 0.717) is 5.92 Å². The smallest absolute Gasteiger partial charge is 0.0691 e. The number of fused-ring (bicyclic) bond motifs is 1. The van der Waals surface area contributed by atoms with E-state index in [-0.39, 0.29) is 0 Å². The van der Waals surface area contributed by atoms with E-state index in [2.05, 4.69) is 43.5 Å². The first-order chi connectivity index (χ1) is 9.07. The highest BCUT2D eigenvalue weighted by Crippen LogP contribution is 2.39. The van der Waals surface area contributed by atoms with E-state index in [4.69, 9.17) is 0 Å². The molecule has 3 rings (SSSR count). The van der Waals surface area contributed by atoms with Gasteiger partial charge in [-0.25, -0.2) is 0 Å². The lowest BCUT2D eigenvalue weighted by Crippen LogP contribution is -2.39. The molecule has 1 aromatic heterocycles. The molecular weight excluding hydrogens is 252 g/mol. The van der Waals surface area contributed by atoms with E-state index in [1.807, 2.05) is 0 Å². The molecule has 0 spiro atoms. The number of rotatable bonds is 2. The molecule has 1 N–H and O–H groups in total. The third-order valence-electron chi connectivity index (χ3n) is 4.82. The zero-order valence-electron chi connectivity index (χ0n) is 11.7. The maximum absolute atomic E-state index is 10.9. The minimum absolute atomic E-state index is 0.490. The fourth-order valence-corrected chi connectivity index (χ4v) is 4.33. The molecule has 1 saturated carbocycles. The monoisotopic (exact) mass is 274 g/mol. The van der Waals surface area contributed by atoms with Crippen molar-refractivity contribution < 1.29 is 5.11 Å². The molecule has 19 heavy (non-hydrogen) atoms. The first-order valence-corrected chi connectivity index (χ1v) is 8.13. The average Bonchev–Trinajstić information content (AvgIpc) is 2.78. The summed E-state index contributed by atoms with van der Waals surface area (Å²) >= 11 is 1.79. The first-order valence-electron chi connectivity index (χ1n) is 7.25. The molecule has 1 fully saturated rings. The van der Waals surface area contributed by atoms with Crippen molar-refractivity contribution in [3.05, 3.63) is 35.2 Å². The zero-order valence-corrected chi connectivity index (χ0v) is 12.5. The van der Waals surface area contributed by atoms with Crippen molar-refractivity contribution in [2.45, 2.75) is 45.1 Å². The van der Waals surface area contributed by atoms with Crippen molar-refractivity contribution in [3.63, 3.8) is 0 Å². The van der Waals surface area contributed by atoms with Gasteiger partial charge in [0.05, 0.1) is 5.60 Å². The van der Waals surface area contributed by atoms with Gasteiger partial charge in [-0.05, 0) is 53.5 Å². The number of aliphatic hydroxyl groups is 1. The number of hydrogen-bond donors (Lipinski definition) is 1. The molecule has 1 aliphatic carbocycles. The molecule has 102 valence electrons. The predicted octanol–water partition coefficient (Wildman–Crippen LogP) is 4.63. The second kappa shape index (κ2) is 4.92. The van der Waals surface area contributed by atoms with Crippen LogP contribution >= 0.6 is 11.3 Å². The fraction of sp³-hybridized carbons (Fsp3) is 0.529. The van der Waals surface area contributed by atoms with Crippen LogP contribution in [0.5, 0.6) is 0 Å². The van der Waals surface area contributed by atoms with Crippen molar-refractivity contribution in [3.8, 4) is 0 Å². The van der Waals surface area contributed by atoms with Gasteiger partial charge in [0.1, 0.15) is 0 Å². The van der Waals surface area contributed by atoms with E-state index >= 15 is 0 Å². The minimum atomic E-state index is -0.490. The molecule has 3 atom stereocenters. The van der Waals surface area contributed by atoms with Crippen LogP contribution < -0.4 is 0 Å². The highest BCUT2D eigenvalue weighted by molar-refractivity contribution is 7.17. The molecule has 1 heterocycles. The van der Waals surface area contributed by atoms with E-state index < -0.39 is 5.60 Å². The topological polar surface area (TPSA) is 20.2 Å². The van der Waals surface area contributed by atoms with Crippen LogP contribution in [-0.2, 0) is 6.42 Å². The van der Waals surface area contributed by atoms with Gasteiger partial charge in [-0.1, -0.05) is 32.0 Å². The van der Waals surface area contributed by atoms with Crippen molar-refractivity contribution in [1.82, 2.24) is 0 Å². The lowest BCUT2D eigenvalue weighted by molar-refractivity contribution is -0.0276. The summed E-state index contributed by atoms with van der Waals surface area (Å²) in [6.45, 7) is 4.59. The molecule has 0 radical (unpaired) electrons. The Labute approximate surface area is 119 Å². The van der Waals surface area contributed by atoms with Crippen LogP contribution in [0.1, 0.15) is 38.7 Å². The highest BCUT2D eigenvalue weighted by Gasteiger charge is 2.36. The van der Waals surface area contributed by atoms with E-state index in [0.717, 1.165) is 31.6 Å². The van der Waals surface area contributed by atoms with Gasteiger partial charge in [0, 0.05) is 11.1 Å². The van der Waals surface area contributed by atoms with E-state index in [1.54, 1.807) is 11.3 Å². The summed E-state index contributed by atoms with van der Waals surface area (Å²) < 4.78 is 1.33. The van der Waals surface area contributed by atoms with Crippen LogP contribution in [0.15, 0.2) is 29.6 Å². The van der Waals surface area contributed by atoms with Gasteiger partial charge in [0.25, 0.3) is 0 Å². The summed E-state index contributed by atoms with van der Waals surface area (Å²) in [6.07, 6.45) is 3.86. The Kier molecular flexibility index (Phi) is 3.40. The summed E-state index contributed by atoms with van der Waals surface area (Å²) in [7, 11) is 0. The molecule has 3 unspecified atom stereocenters. The van der Waals surface area contributed by atoms with Crippen LogP contribution in [0.3, 0.4) is 0 Å².